The van der Waals surface area contributed by atoms with Crippen LogP contribution in [0.4, 0.5) is 5.82 Å². The fourth-order valence-corrected chi connectivity index (χ4v) is 2.07. The van der Waals surface area contributed by atoms with Crippen LogP contribution in [-0.2, 0) is 0 Å². The van der Waals surface area contributed by atoms with Crippen LogP contribution < -0.4 is 5.32 Å². The Labute approximate surface area is 93.6 Å². The summed E-state index contributed by atoms with van der Waals surface area (Å²) in [5.74, 6) is 1.55. The van der Waals surface area contributed by atoms with Crippen LogP contribution >= 0.6 is 11.3 Å². The lowest BCUT2D eigenvalue weighted by Gasteiger charge is -2.18. The molecule has 15 heavy (non-hydrogen) atoms. The van der Waals surface area contributed by atoms with Crippen molar-refractivity contribution >= 4 is 27.4 Å². The summed E-state index contributed by atoms with van der Waals surface area (Å²) < 4.78 is 1.14. The average molecular weight is 221 g/mol. The first-order valence-corrected chi connectivity index (χ1v) is 6.01. The van der Waals surface area contributed by atoms with Crippen molar-refractivity contribution in [3.05, 3.63) is 17.8 Å². The van der Waals surface area contributed by atoms with Crippen LogP contribution in [0.1, 0.15) is 20.8 Å². The fourth-order valence-electron chi connectivity index (χ4n) is 1.27. The SMILES string of the molecule is CC(C)[C@@H](C)Nc1ncnc2ccsc12. The highest BCUT2D eigenvalue weighted by atomic mass is 32.1. The normalized spacial score (nSPS) is 13.3. The van der Waals surface area contributed by atoms with E-state index >= 15 is 0 Å². The molecule has 0 fully saturated rings. The van der Waals surface area contributed by atoms with Gasteiger partial charge in [0.1, 0.15) is 12.1 Å². The highest BCUT2D eigenvalue weighted by molar-refractivity contribution is 7.17. The Hall–Kier alpha value is -1.16. The second kappa shape index (κ2) is 4.14. The van der Waals surface area contributed by atoms with Crippen LogP contribution in [0.25, 0.3) is 10.2 Å². The van der Waals surface area contributed by atoms with E-state index in [0.717, 1.165) is 16.0 Å². The number of nitrogens with zero attached hydrogens (tertiary/aromatic N) is 2. The average Bonchev–Trinajstić information content (AvgIpc) is 2.66. The molecule has 3 nitrogen and oxygen atoms in total. The molecule has 2 aromatic rings. The van der Waals surface area contributed by atoms with E-state index in [-0.39, 0.29) is 0 Å². The maximum Gasteiger partial charge on any atom is 0.147 e. The minimum atomic E-state index is 0.421. The Morgan fingerprint density at radius 2 is 2.07 bits per heavy atom. The lowest BCUT2D eigenvalue weighted by atomic mass is 10.1. The molecule has 0 aliphatic carbocycles. The van der Waals surface area contributed by atoms with Crippen molar-refractivity contribution in [2.75, 3.05) is 5.32 Å². The summed E-state index contributed by atoms with van der Waals surface area (Å²) in [4.78, 5) is 8.50. The van der Waals surface area contributed by atoms with Gasteiger partial charge in [-0.1, -0.05) is 13.8 Å². The number of nitrogens with one attached hydrogen (secondary N) is 1. The van der Waals surface area contributed by atoms with Crippen LogP contribution in [0.3, 0.4) is 0 Å². The standard InChI is InChI=1S/C11H15N3S/c1-7(2)8(3)14-11-10-9(4-5-15-10)12-6-13-11/h4-8H,1-3H3,(H,12,13,14)/t8-/m1/s1. The molecule has 0 aromatic carbocycles. The second-order valence-electron chi connectivity index (χ2n) is 4.03. The molecule has 0 spiro atoms. The molecule has 2 rings (SSSR count). The predicted molar refractivity (Wildman–Crippen MR) is 65.3 cm³/mol. The van der Waals surface area contributed by atoms with Crippen molar-refractivity contribution in [2.45, 2.75) is 26.8 Å². The van der Waals surface area contributed by atoms with Crippen LogP contribution in [0.5, 0.6) is 0 Å². The number of thiophene rings is 1. The van der Waals surface area contributed by atoms with Crippen molar-refractivity contribution in [3.63, 3.8) is 0 Å². The zero-order valence-corrected chi connectivity index (χ0v) is 10.0. The molecule has 0 saturated carbocycles. The van der Waals surface area contributed by atoms with Crippen LogP contribution in [0.2, 0.25) is 0 Å². The van der Waals surface area contributed by atoms with Crippen LogP contribution in [0, 0.1) is 5.92 Å². The van der Waals surface area contributed by atoms with Gasteiger partial charge in [0.05, 0.1) is 10.2 Å². The first kappa shape index (κ1) is 10.4. The molecule has 80 valence electrons. The molecule has 0 bridgehead atoms. The highest BCUT2D eigenvalue weighted by Crippen LogP contribution is 2.25. The predicted octanol–water partition coefficient (Wildman–Crippen LogP) is 3.15. The molecule has 1 atom stereocenters. The van der Waals surface area contributed by atoms with Gasteiger partial charge in [0.2, 0.25) is 0 Å². The lowest BCUT2D eigenvalue weighted by Crippen LogP contribution is -2.22. The molecule has 2 aromatic heterocycles. The van der Waals surface area contributed by atoms with Crippen LogP contribution in [0.15, 0.2) is 17.8 Å². The number of hydrogen-bond acceptors (Lipinski definition) is 4. The molecule has 4 heteroatoms. The first-order valence-electron chi connectivity index (χ1n) is 5.13. The van der Waals surface area contributed by atoms with E-state index in [1.807, 2.05) is 11.4 Å². The number of rotatable bonds is 3. The van der Waals surface area contributed by atoms with Gasteiger partial charge < -0.3 is 5.32 Å². The third-order valence-corrected chi connectivity index (χ3v) is 3.52. The minimum absolute atomic E-state index is 0.421. The molecular formula is C11H15N3S. The zero-order valence-electron chi connectivity index (χ0n) is 9.19. The summed E-state index contributed by atoms with van der Waals surface area (Å²) >= 11 is 1.68. The maximum atomic E-state index is 4.29. The molecular weight excluding hydrogens is 206 g/mol. The summed E-state index contributed by atoms with van der Waals surface area (Å²) in [7, 11) is 0. The Morgan fingerprint density at radius 3 is 2.80 bits per heavy atom. The molecule has 0 aliphatic rings. The quantitative estimate of drug-likeness (QED) is 0.865. The molecule has 0 radical (unpaired) electrons. The second-order valence-corrected chi connectivity index (χ2v) is 4.95. The molecule has 0 amide bonds. The van der Waals surface area contributed by atoms with Gasteiger partial charge in [-0.3, -0.25) is 0 Å². The van der Waals surface area contributed by atoms with E-state index in [1.165, 1.54) is 0 Å². The van der Waals surface area contributed by atoms with Crippen molar-refractivity contribution < 1.29 is 0 Å². The maximum absolute atomic E-state index is 4.29. The first-order chi connectivity index (χ1) is 7.18. The number of aromatic nitrogens is 2. The lowest BCUT2D eigenvalue weighted by molar-refractivity contribution is 0.559. The monoisotopic (exact) mass is 221 g/mol. The van der Waals surface area contributed by atoms with E-state index in [1.54, 1.807) is 17.7 Å². The van der Waals surface area contributed by atoms with Gasteiger partial charge in [-0.25, -0.2) is 9.97 Å². The van der Waals surface area contributed by atoms with Gasteiger partial charge >= 0.3 is 0 Å². The molecule has 0 saturated heterocycles. The third-order valence-electron chi connectivity index (χ3n) is 2.61. The molecule has 1 N–H and O–H groups in total. The van der Waals surface area contributed by atoms with Gasteiger partial charge in [-0.15, -0.1) is 11.3 Å². The van der Waals surface area contributed by atoms with Crippen molar-refractivity contribution in [3.8, 4) is 0 Å². The minimum Gasteiger partial charge on any atom is -0.366 e. The van der Waals surface area contributed by atoms with E-state index < -0.39 is 0 Å². The van der Waals surface area contributed by atoms with Crippen LogP contribution in [-0.4, -0.2) is 16.0 Å². The highest BCUT2D eigenvalue weighted by Gasteiger charge is 2.10. The van der Waals surface area contributed by atoms with E-state index in [9.17, 15) is 0 Å². The van der Waals surface area contributed by atoms with Gasteiger partial charge in [-0.2, -0.15) is 0 Å². The Balaban J connectivity index is 2.31. The summed E-state index contributed by atoms with van der Waals surface area (Å²) in [6.45, 7) is 6.57. The number of fused-ring (bicyclic) bond motifs is 1. The van der Waals surface area contributed by atoms with Crippen molar-refractivity contribution in [1.82, 2.24) is 9.97 Å². The van der Waals surface area contributed by atoms with Gasteiger partial charge in [-0.05, 0) is 24.3 Å². The van der Waals surface area contributed by atoms with E-state index in [0.29, 0.717) is 12.0 Å². The number of hydrogen-bond donors (Lipinski definition) is 1. The topological polar surface area (TPSA) is 37.8 Å². The Morgan fingerprint density at radius 1 is 1.27 bits per heavy atom. The Bertz CT molecular complexity index is 450. The summed E-state index contributed by atoms with van der Waals surface area (Å²) in [5.41, 5.74) is 1.02. The van der Waals surface area contributed by atoms with Crippen molar-refractivity contribution in [1.29, 1.82) is 0 Å². The largest absolute Gasteiger partial charge is 0.366 e. The summed E-state index contributed by atoms with van der Waals surface area (Å²) in [5, 5.41) is 5.48. The van der Waals surface area contributed by atoms with Gasteiger partial charge in [0.15, 0.2) is 0 Å². The summed E-state index contributed by atoms with van der Waals surface area (Å²) in [6, 6.07) is 2.44. The van der Waals surface area contributed by atoms with E-state index in [2.05, 4.69) is 36.1 Å². The fraction of sp³-hybridized carbons (Fsp3) is 0.455. The Kier molecular flexibility index (Phi) is 2.86. The summed E-state index contributed by atoms with van der Waals surface area (Å²) in [6.07, 6.45) is 1.62. The number of anilines is 1. The van der Waals surface area contributed by atoms with Crippen molar-refractivity contribution in [2.24, 2.45) is 5.92 Å². The third kappa shape index (κ3) is 2.09. The molecule has 0 unspecified atom stereocenters. The molecule has 2 heterocycles. The van der Waals surface area contributed by atoms with Gasteiger partial charge in [0.25, 0.3) is 0 Å². The van der Waals surface area contributed by atoms with E-state index in [4.69, 9.17) is 0 Å². The smallest absolute Gasteiger partial charge is 0.147 e. The zero-order chi connectivity index (χ0) is 10.8. The van der Waals surface area contributed by atoms with Gasteiger partial charge in [0, 0.05) is 6.04 Å². The molecule has 0 aliphatic heterocycles.